The summed E-state index contributed by atoms with van der Waals surface area (Å²) in [5, 5.41) is 3.53. The SMILES string of the molecule is CC1C(Nc2ccc(F)cc2)CCN1Cc1ccccc1. The standard InChI is InChI=1S/C18H21FN2/c1-14-18(20-17-9-7-16(19)8-10-17)11-12-21(14)13-15-5-3-2-4-6-15/h2-10,14,18,20H,11-13H2,1H3. The highest BCUT2D eigenvalue weighted by Gasteiger charge is 2.30. The average Bonchev–Trinajstić information content (AvgIpc) is 2.84. The molecule has 1 saturated heterocycles. The van der Waals surface area contributed by atoms with Crippen molar-refractivity contribution >= 4 is 5.69 Å². The number of nitrogens with one attached hydrogen (secondary N) is 1. The Morgan fingerprint density at radius 3 is 2.52 bits per heavy atom. The Kier molecular flexibility index (Phi) is 4.20. The fourth-order valence-electron chi connectivity index (χ4n) is 3.00. The predicted molar refractivity (Wildman–Crippen MR) is 84.7 cm³/mol. The van der Waals surface area contributed by atoms with Gasteiger partial charge in [0.05, 0.1) is 0 Å². The fraction of sp³-hybridized carbons (Fsp3) is 0.333. The van der Waals surface area contributed by atoms with Gasteiger partial charge in [-0.15, -0.1) is 0 Å². The van der Waals surface area contributed by atoms with Crippen molar-refractivity contribution in [2.24, 2.45) is 0 Å². The molecule has 2 aromatic rings. The first kappa shape index (κ1) is 14.1. The van der Waals surface area contributed by atoms with E-state index in [4.69, 9.17) is 0 Å². The van der Waals surface area contributed by atoms with Gasteiger partial charge >= 0.3 is 0 Å². The second-order valence-electron chi connectivity index (χ2n) is 5.74. The maximum absolute atomic E-state index is 12.9. The zero-order chi connectivity index (χ0) is 14.7. The molecule has 1 aliphatic rings. The van der Waals surface area contributed by atoms with Gasteiger partial charge in [-0.2, -0.15) is 0 Å². The van der Waals surface area contributed by atoms with Gasteiger partial charge in [0.25, 0.3) is 0 Å². The largest absolute Gasteiger partial charge is 0.381 e. The molecular formula is C18H21FN2. The number of hydrogen-bond donors (Lipinski definition) is 1. The van der Waals surface area contributed by atoms with Crippen LogP contribution in [0.4, 0.5) is 10.1 Å². The molecule has 1 heterocycles. The van der Waals surface area contributed by atoms with E-state index in [1.54, 1.807) is 0 Å². The second kappa shape index (κ2) is 6.27. The highest BCUT2D eigenvalue weighted by Crippen LogP contribution is 2.23. The average molecular weight is 284 g/mol. The van der Waals surface area contributed by atoms with Crippen LogP contribution in [0.2, 0.25) is 0 Å². The van der Waals surface area contributed by atoms with Crippen LogP contribution in [0, 0.1) is 5.82 Å². The lowest BCUT2D eigenvalue weighted by atomic mass is 10.1. The molecule has 1 N–H and O–H groups in total. The summed E-state index contributed by atoms with van der Waals surface area (Å²) in [7, 11) is 0. The summed E-state index contributed by atoms with van der Waals surface area (Å²) in [5.41, 5.74) is 2.35. The zero-order valence-corrected chi connectivity index (χ0v) is 12.3. The fourth-order valence-corrected chi connectivity index (χ4v) is 3.00. The van der Waals surface area contributed by atoms with Gasteiger partial charge in [0.1, 0.15) is 5.82 Å². The third kappa shape index (κ3) is 3.42. The summed E-state index contributed by atoms with van der Waals surface area (Å²) < 4.78 is 12.9. The van der Waals surface area contributed by atoms with E-state index in [0.717, 1.165) is 25.2 Å². The Hall–Kier alpha value is -1.87. The second-order valence-corrected chi connectivity index (χ2v) is 5.74. The minimum atomic E-state index is -0.189. The summed E-state index contributed by atoms with van der Waals surface area (Å²) in [6.07, 6.45) is 1.12. The van der Waals surface area contributed by atoms with E-state index in [1.165, 1.54) is 17.7 Å². The zero-order valence-electron chi connectivity index (χ0n) is 12.3. The summed E-state index contributed by atoms with van der Waals surface area (Å²) in [6.45, 7) is 4.34. The van der Waals surface area contributed by atoms with Crippen molar-refractivity contribution in [3.63, 3.8) is 0 Å². The predicted octanol–water partition coefficient (Wildman–Crippen LogP) is 3.90. The van der Waals surface area contributed by atoms with E-state index in [0.29, 0.717) is 12.1 Å². The van der Waals surface area contributed by atoms with Gasteiger partial charge in [0.2, 0.25) is 0 Å². The number of rotatable bonds is 4. The number of anilines is 1. The molecule has 0 aliphatic carbocycles. The Bertz CT molecular complexity index is 568. The van der Waals surface area contributed by atoms with E-state index < -0.39 is 0 Å². The summed E-state index contributed by atoms with van der Waals surface area (Å²) >= 11 is 0. The molecule has 110 valence electrons. The summed E-state index contributed by atoms with van der Waals surface area (Å²) in [5.74, 6) is -0.189. The van der Waals surface area contributed by atoms with Crippen LogP contribution >= 0.6 is 0 Å². The molecule has 21 heavy (non-hydrogen) atoms. The number of hydrogen-bond acceptors (Lipinski definition) is 2. The van der Waals surface area contributed by atoms with E-state index in [9.17, 15) is 4.39 Å². The minimum absolute atomic E-state index is 0.189. The van der Waals surface area contributed by atoms with Gasteiger partial charge in [0.15, 0.2) is 0 Å². The van der Waals surface area contributed by atoms with Gasteiger partial charge in [-0.05, 0) is 43.2 Å². The normalized spacial score (nSPS) is 22.4. The van der Waals surface area contributed by atoms with Gasteiger partial charge in [-0.1, -0.05) is 30.3 Å². The van der Waals surface area contributed by atoms with E-state index in [-0.39, 0.29) is 5.82 Å². The van der Waals surface area contributed by atoms with E-state index in [2.05, 4.69) is 47.5 Å². The Morgan fingerprint density at radius 1 is 1.10 bits per heavy atom. The van der Waals surface area contributed by atoms with Crippen molar-refractivity contribution in [3.8, 4) is 0 Å². The van der Waals surface area contributed by atoms with Crippen molar-refractivity contribution in [2.75, 3.05) is 11.9 Å². The van der Waals surface area contributed by atoms with Crippen LogP contribution < -0.4 is 5.32 Å². The molecule has 3 heteroatoms. The molecule has 1 fully saturated rings. The van der Waals surface area contributed by atoms with Gasteiger partial charge in [0, 0.05) is 30.9 Å². The number of likely N-dealkylation sites (tertiary alicyclic amines) is 1. The molecular weight excluding hydrogens is 263 g/mol. The molecule has 1 aliphatic heterocycles. The van der Waals surface area contributed by atoms with Crippen LogP contribution in [-0.4, -0.2) is 23.5 Å². The van der Waals surface area contributed by atoms with Gasteiger partial charge in [-0.25, -0.2) is 4.39 Å². The maximum atomic E-state index is 12.9. The lowest BCUT2D eigenvalue weighted by Gasteiger charge is -2.25. The van der Waals surface area contributed by atoms with E-state index in [1.807, 2.05) is 12.1 Å². The molecule has 0 aromatic heterocycles. The first-order chi connectivity index (χ1) is 10.2. The maximum Gasteiger partial charge on any atom is 0.123 e. The molecule has 0 saturated carbocycles. The monoisotopic (exact) mass is 284 g/mol. The molecule has 2 aromatic carbocycles. The third-order valence-corrected chi connectivity index (χ3v) is 4.31. The highest BCUT2D eigenvalue weighted by molar-refractivity contribution is 5.44. The summed E-state index contributed by atoms with van der Waals surface area (Å²) in [4.78, 5) is 2.50. The third-order valence-electron chi connectivity index (χ3n) is 4.31. The molecule has 0 amide bonds. The van der Waals surface area contributed by atoms with Crippen LogP contribution in [0.5, 0.6) is 0 Å². The minimum Gasteiger partial charge on any atom is -0.381 e. The molecule has 0 radical (unpaired) electrons. The Balaban J connectivity index is 1.61. The number of halogens is 1. The summed E-state index contributed by atoms with van der Waals surface area (Å²) in [6, 6.07) is 18.1. The molecule has 2 nitrogen and oxygen atoms in total. The van der Waals surface area contributed by atoms with E-state index >= 15 is 0 Å². The van der Waals surface area contributed by atoms with Crippen LogP contribution in [0.3, 0.4) is 0 Å². The van der Waals surface area contributed by atoms with Crippen LogP contribution in [0.1, 0.15) is 18.9 Å². The highest BCUT2D eigenvalue weighted by atomic mass is 19.1. The van der Waals surface area contributed by atoms with Gasteiger partial charge < -0.3 is 5.32 Å². The molecule has 3 rings (SSSR count). The van der Waals surface area contributed by atoms with Crippen molar-refractivity contribution in [2.45, 2.75) is 32.0 Å². The molecule has 2 unspecified atom stereocenters. The topological polar surface area (TPSA) is 15.3 Å². The quantitative estimate of drug-likeness (QED) is 0.916. The van der Waals surface area contributed by atoms with Gasteiger partial charge in [-0.3, -0.25) is 4.90 Å². The van der Waals surface area contributed by atoms with Crippen molar-refractivity contribution in [3.05, 3.63) is 66.0 Å². The Labute approximate surface area is 125 Å². The smallest absolute Gasteiger partial charge is 0.123 e. The number of nitrogens with zero attached hydrogens (tertiary/aromatic N) is 1. The first-order valence-corrected chi connectivity index (χ1v) is 7.52. The van der Waals surface area contributed by atoms with Crippen LogP contribution in [0.25, 0.3) is 0 Å². The van der Waals surface area contributed by atoms with Crippen molar-refractivity contribution < 1.29 is 4.39 Å². The van der Waals surface area contributed by atoms with Crippen LogP contribution in [0.15, 0.2) is 54.6 Å². The molecule has 0 spiro atoms. The van der Waals surface area contributed by atoms with Crippen LogP contribution in [-0.2, 0) is 6.54 Å². The van der Waals surface area contributed by atoms with Crippen molar-refractivity contribution in [1.82, 2.24) is 4.90 Å². The van der Waals surface area contributed by atoms with Crippen molar-refractivity contribution in [1.29, 1.82) is 0 Å². The number of benzene rings is 2. The first-order valence-electron chi connectivity index (χ1n) is 7.52. The molecule has 2 atom stereocenters. The molecule has 0 bridgehead atoms. The Morgan fingerprint density at radius 2 is 1.81 bits per heavy atom. The lowest BCUT2D eigenvalue weighted by Crippen LogP contribution is -2.35. The lowest BCUT2D eigenvalue weighted by molar-refractivity contribution is 0.255.